The molecule has 2 aromatic carbocycles. The molecule has 0 spiro atoms. The number of aryl methyl sites for hydroxylation is 2. The molecule has 0 atom stereocenters. The molecule has 0 unspecified atom stereocenters. The van der Waals surface area contributed by atoms with Gasteiger partial charge in [-0.1, -0.05) is 12.1 Å². The molecule has 2 aromatic rings. The molecular weight excluding hydrogens is 440 g/mol. The Kier molecular flexibility index (Phi) is 7.86. The lowest BCUT2D eigenvalue weighted by molar-refractivity contribution is -0.132. The smallest absolute Gasteiger partial charge is 0.254 e. The number of likely N-dealkylation sites (tertiary alicyclic amines) is 1. The van der Waals surface area contributed by atoms with Crippen molar-refractivity contribution in [2.24, 2.45) is 10.7 Å². The fourth-order valence-corrected chi connectivity index (χ4v) is 4.93. The first-order chi connectivity index (χ1) is 16.9. The quantitative estimate of drug-likeness (QED) is 0.466. The summed E-state index contributed by atoms with van der Waals surface area (Å²) in [6, 6.07) is 10.1. The Labute approximate surface area is 208 Å². The average Bonchev–Trinajstić information content (AvgIpc) is 3.27. The highest BCUT2D eigenvalue weighted by Gasteiger charge is 2.27. The highest BCUT2D eigenvalue weighted by atomic mass is 16.5. The van der Waals surface area contributed by atoms with Gasteiger partial charge in [0.25, 0.3) is 5.91 Å². The van der Waals surface area contributed by atoms with Gasteiger partial charge in [-0.2, -0.15) is 0 Å². The minimum Gasteiger partial charge on any atom is -0.494 e. The van der Waals surface area contributed by atoms with Crippen molar-refractivity contribution < 1.29 is 14.3 Å². The van der Waals surface area contributed by atoms with Gasteiger partial charge in [-0.3, -0.25) is 14.6 Å². The van der Waals surface area contributed by atoms with Gasteiger partial charge in [-0.15, -0.1) is 0 Å². The maximum atomic E-state index is 13.6. The lowest BCUT2D eigenvalue weighted by Crippen LogP contribution is -2.39. The van der Waals surface area contributed by atoms with Gasteiger partial charge in [0.15, 0.2) is 0 Å². The number of carbonyl (C=O) groups excluding carboxylic acids is 2. The van der Waals surface area contributed by atoms with Crippen LogP contribution in [0.5, 0.6) is 5.75 Å². The average molecular weight is 477 g/mol. The molecule has 2 amide bonds. The summed E-state index contributed by atoms with van der Waals surface area (Å²) < 4.78 is 5.78. The van der Waals surface area contributed by atoms with Crippen LogP contribution in [0.25, 0.3) is 0 Å². The molecular formula is C28H36N4O3. The molecule has 0 saturated carbocycles. The number of fused-ring (bicyclic) bond motifs is 1. The van der Waals surface area contributed by atoms with Crippen LogP contribution in [0.4, 0.5) is 0 Å². The number of rotatable bonds is 8. The third-order valence-corrected chi connectivity index (χ3v) is 6.95. The lowest BCUT2D eigenvalue weighted by Gasteiger charge is -2.28. The first-order valence-corrected chi connectivity index (χ1v) is 12.5. The zero-order valence-corrected chi connectivity index (χ0v) is 21.1. The summed E-state index contributed by atoms with van der Waals surface area (Å²) in [6.07, 6.45) is 3.39. The molecule has 1 saturated heterocycles. The topological polar surface area (TPSA) is 88.2 Å². The number of carbonyl (C=O) groups is 2. The number of ether oxygens (including phenoxy) is 1. The third-order valence-electron chi connectivity index (χ3n) is 6.95. The second-order valence-electron chi connectivity index (χ2n) is 9.51. The Bertz CT molecular complexity index is 1140. The molecule has 4 rings (SSSR count). The molecule has 0 bridgehead atoms. The molecule has 2 aliphatic rings. The minimum atomic E-state index is 0.00931. The van der Waals surface area contributed by atoms with E-state index >= 15 is 0 Å². The van der Waals surface area contributed by atoms with E-state index < -0.39 is 0 Å². The Morgan fingerprint density at radius 1 is 1.06 bits per heavy atom. The first-order valence-electron chi connectivity index (χ1n) is 12.5. The summed E-state index contributed by atoms with van der Waals surface area (Å²) in [5, 5.41) is 0. The summed E-state index contributed by atoms with van der Waals surface area (Å²) in [4.78, 5) is 34.3. The number of hydrogen-bond acceptors (Lipinski definition) is 5. The van der Waals surface area contributed by atoms with Crippen molar-refractivity contribution in [2.75, 3.05) is 33.3 Å². The van der Waals surface area contributed by atoms with Crippen molar-refractivity contribution in [2.45, 2.75) is 52.6 Å². The van der Waals surface area contributed by atoms with Crippen LogP contribution in [-0.2, 0) is 17.9 Å². The summed E-state index contributed by atoms with van der Waals surface area (Å²) in [7, 11) is 1.76. The van der Waals surface area contributed by atoms with Crippen molar-refractivity contribution in [3.05, 3.63) is 63.7 Å². The van der Waals surface area contributed by atoms with Crippen molar-refractivity contribution in [1.82, 2.24) is 9.80 Å². The SMILES string of the molecule is C/N=C(/CN1CCCCC1=O)c1cc(C(=O)N2Cc3ccc(OCCCN)cc3C2)c(C)cc1C. The maximum Gasteiger partial charge on any atom is 0.254 e. The zero-order chi connectivity index (χ0) is 24.9. The zero-order valence-electron chi connectivity index (χ0n) is 21.1. The molecule has 2 N–H and O–H groups in total. The highest BCUT2D eigenvalue weighted by molar-refractivity contribution is 6.07. The Balaban J connectivity index is 1.53. The van der Waals surface area contributed by atoms with Gasteiger partial charge >= 0.3 is 0 Å². The normalized spacial score (nSPS) is 16.0. The number of aliphatic imine (C=N–C) groups is 1. The molecule has 0 aromatic heterocycles. The maximum absolute atomic E-state index is 13.6. The number of amides is 2. The molecule has 7 nitrogen and oxygen atoms in total. The van der Waals surface area contributed by atoms with Crippen LogP contribution >= 0.6 is 0 Å². The number of piperidine rings is 1. The Morgan fingerprint density at radius 3 is 2.57 bits per heavy atom. The van der Waals surface area contributed by atoms with E-state index in [1.54, 1.807) is 7.05 Å². The van der Waals surface area contributed by atoms with Gasteiger partial charge in [-0.05, 0) is 80.1 Å². The minimum absolute atomic E-state index is 0.00931. The number of nitrogens with two attached hydrogens (primary N) is 1. The highest BCUT2D eigenvalue weighted by Crippen LogP contribution is 2.29. The van der Waals surface area contributed by atoms with E-state index in [-0.39, 0.29) is 11.8 Å². The second kappa shape index (κ2) is 11.0. The molecule has 0 radical (unpaired) electrons. The van der Waals surface area contributed by atoms with Crippen molar-refractivity contribution in [3.63, 3.8) is 0 Å². The van der Waals surface area contributed by atoms with Gasteiger partial charge in [0.2, 0.25) is 5.91 Å². The van der Waals surface area contributed by atoms with Crippen LogP contribution in [0, 0.1) is 13.8 Å². The molecule has 2 aliphatic heterocycles. The van der Waals surface area contributed by atoms with Gasteiger partial charge in [0, 0.05) is 44.2 Å². The fraction of sp³-hybridized carbons (Fsp3) is 0.464. The summed E-state index contributed by atoms with van der Waals surface area (Å²) in [5.41, 5.74) is 12.3. The molecule has 7 heteroatoms. The van der Waals surface area contributed by atoms with E-state index in [0.29, 0.717) is 44.8 Å². The second-order valence-corrected chi connectivity index (χ2v) is 9.51. The van der Waals surface area contributed by atoms with Crippen molar-refractivity contribution in [3.8, 4) is 5.75 Å². The summed E-state index contributed by atoms with van der Waals surface area (Å²) in [6.45, 7) is 7.59. The molecule has 35 heavy (non-hydrogen) atoms. The third kappa shape index (κ3) is 5.56. The Hall–Kier alpha value is -3.19. The van der Waals surface area contributed by atoms with Crippen LogP contribution in [0.3, 0.4) is 0 Å². The standard InChI is InChI=1S/C28H36N4O3/c1-19-13-20(2)25(15-24(19)26(30-3)18-31-11-5-4-7-27(31)33)28(34)32-16-21-8-9-23(14-22(21)17-32)35-12-6-10-29/h8-9,13-15H,4-7,10-12,16-18,29H2,1-3H3/b30-26-. The van der Waals surface area contributed by atoms with Crippen LogP contribution in [0.2, 0.25) is 0 Å². The molecule has 186 valence electrons. The van der Waals surface area contributed by atoms with Gasteiger partial charge < -0.3 is 20.3 Å². The Morgan fingerprint density at radius 2 is 1.83 bits per heavy atom. The number of nitrogens with zero attached hydrogens (tertiary/aromatic N) is 3. The monoisotopic (exact) mass is 476 g/mol. The lowest BCUT2D eigenvalue weighted by atomic mass is 9.95. The summed E-state index contributed by atoms with van der Waals surface area (Å²) >= 11 is 0. The molecule has 2 heterocycles. The van der Waals surface area contributed by atoms with E-state index in [2.05, 4.69) is 11.1 Å². The van der Waals surface area contributed by atoms with Crippen molar-refractivity contribution >= 4 is 17.5 Å². The largest absolute Gasteiger partial charge is 0.494 e. The van der Waals surface area contributed by atoms with E-state index in [1.165, 1.54) is 0 Å². The van der Waals surface area contributed by atoms with E-state index in [4.69, 9.17) is 10.5 Å². The van der Waals surface area contributed by atoms with Gasteiger partial charge in [-0.25, -0.2) is 0 Å². The van der Waals surface area contributed by atoms with Crippen LogP contribution in [0.1, 0.15) is 63.9 Å². The van der Waals surface area contributed by atoms with E-state index in [0.717, 1.165) is 65.1 Å². The van der Waals surface area contributed by atoms with E-state index in [9.17, 15) is 9.59 Å². The van der Waals surface area contributed by atoms with Gasteiger partial charge in [0.1, 0.15) is 5.75 Å². The van der Waals surface area contributed by atoms with Crippen LogP contribution in [0.15, 0.2) is 35.3 Å². The predicted octanol–water partition coefficient (Wildman–Crippen LogP) is 3.62. The van der Waals surface area contributed by atoms with E-state index in [1.807, 2.05) is 47.9 Å². The number of hydrogen-bond donors (Lipinski definition) is 1. The van der Waals surface area contributed by atoms with Crippen LogP contribution < -0.4 is 10.5 Å². The molecule has 1 fully saturated rings. The first kappa shape index (κ1) is 24.9. The van der Waals surface area contributed by atoms with Crippen LogP contribution in [-0.4, -0.2) is 60.6 Å². The van der Waals surface area contributed by atoms with Gasteiger partial charge in [0.05, 0.1) is 18.9 Å². The molecule has 0 aliphatic carbocycles. The number of benzene rings is 2. The van der Waals surface area contributed by atoms with Crippen molar-refractivity contribution in [1.29, 1.82) is 0 Å². The predicted molar refractivity (Wildman–Crippen MR) is 138 cm³/mol. The summed E-state index contributed by atoms with van der Waals surface area (Å²) in [5.74, 6) is 1.01. The fourth-order valence-electron chi connectivity index (χ4n) is 4.93.